The van der Waals surface area contributed by atoms with E-state index in [1.54, 1.807) is 6.07 Å². The summed E-state index contributed by atoms with van der Waals surface area (Å²) < 4.78 is 52.4. The number of aryl methyl sites for hydroxylation is 2. The third kappa shape index (κ3) is 5.18. The molecule has 0 aromatic heterocycles. The van der Waals surface area contributed by atoms with E-state index in [0.29, 0.717) is 50.5 Å². The third-order valence-electron chi connectivity index (χ3n) is 7.14. The van der Waals surface area contributed by atoms with Gasteiger partial charge in [0.2, 0.25) is 26.0 Å². The number of hydrogen-bond acceptors (Lipinski definition) is 5. The van der Waals surface area contributed by atoms with E-state index < -0.39 is 20.0 Å². The Labute approximate surface area is 191 Å². The highest BCUT2D eigenvalue weighted by Crippen LogP contribution is 2.28. The van der Waals surface area contributed by atoms with E-state index in [1.165, 1.54) is 20.4 Å². The fraction of sp³-hybridized carbons (Fsp3) is 0.682. The Kier molecular flexibility index (Phi) is 6.95. The molecule has 32 heavy (non-hydrogen) atoms. The van der Waals surface area contributed by atoms with Crippen molar-refractivity contribution < 1.29 is 21.6 Å². The lowest BCUT2D eigenvalue weighted by atomic mass is 9.95. The third-order valence-corrected chi connectivity index (χ3v) is 10.3. The van der Waals surface area contributed by atoms with Gasteiger partial charge in [-0.15, -0.1) is 0 Å². The maximum atomic E-state index is 13.1. The molecule has 1 aromatic carbocycles. The first kappa shape index (κ1) is 23.7. The van der Waals surface area contributed by atoms with Crippen molar-refractivity contribution in [3.63, 3.8) is 0 Å². The van der Waals surface area contributed by atoms with Crippen molar-refractivity contribution >= 4 is 26.0 Å². The number of piperidine rings is 2. The van der Waals surface area contributed by atoms with Crippen LogP contribution in [0, 0.1) is 11.8 Å². The van der Waals surface area contributed by atoms with Crippen molar-refractivity contribution in [1.29, 1.82) is 0 Å². The number of nitrogens with one attached hydrogen (secondary N) is 1. The molecule has 3 aliphatic rings. The van der Waals surface area contributed by atoms with Crippen molar-refractivity contribution in [1.82, 2.24) is 13.9 Å². The molecule has 0 atom stereocenters. The summed E-state index contributed by atoms with van der Waals surface area (Å²) >= 11 is 0. The predicted octanol–water partition coefficient (Wildman–Crippen LogP) is 1.36. The molecule has 4 rings (SSSR count). The molecule has 0 radical (unpaired) electrons. The molecule has 10 heteroatoms. The second-order valence-corrected chi connectivity index (χ2v) is 13.2. The fourth-order valence-corrected chi connectivity index (χ4v) is 7.45. The summed E-state index contributed by atoms with van der Waals surface area (Å²) in [5, 5.41) is 3.01. The maximum absolute atomic E-state index is 13.1. The summed E-state index contributed by atoms with van der Waals surface area (Å²) in [6, 6.07) is 5.48. The molecular formula is C22H33N3O5S2. The number of carbonyl (C=O) groups is 1. The molecule has 2 fully saturated rings. The van der Waals surface area contributed by atoms with Crippen molar-refractivity contribution in [2.24, 2.45) is 11.8 Å². The van der Waals surface area contributed by atoms with Gasteiger partial charge in [-0.25, -0.2) is 21.1 Å². The van der Waals surface area contributed by atoms with Gasteiger partial charge in [0.25, 0.3) is 0 Å². The molecule has 1 amide bonds. The number of sulfonamides is 2. The molecule has 0 saturated carbocycles. The predicted molar refractivity (Wildman–Crippen MR) is 122 cm³/mol. The van der Waals surface area contributed by atoms with Gasteiger partial charge in [-0.1, -0.05) is 6.07 Å². The summed E-state index contributed by atoms with van der Waals surface area (Å²) in [5.74, 6) is 0.0694. The van der Waals surface area contributed by atoms with E-state index in [-0.39, 0.29) is 17.7 Å². The minimum atomic E-state index is -3.53. The normalized spacial score (nSPS) is 22.0. The highest BCUT2D eigenvalue weighted by Gasteiger charge is 2.33. The SMILES string of the molecule is CS(=O)(=O)N1CCC(CNC(=O)C2CCN(S(=O)(=O)c3ccc4c(c3)CCC4)CC2)CC1. The Balaban J connectivity index is 1.25. The first-order valence-electron chi connectivity index (χ1n) is 11.5. The van der Waals surface area contributed by atoms with Gasteiger partial charge in [0, 0.05) is 38.6 Å². The average Bonchev–Trinajstić information content (AvgIpc) is 3.25. The van der Waals surface area contributed by atoms with E-state index in [9.17, 15) is 21.6 Å². The summed E-state index contributed by atoms with van der Waals surface area (Å²) in [6.45, 7) is 2.25. The van der Waals surface area contributed by atoms with Gasteiger partial charge in [-0.05, 0) is 74.1 Å². The van der Waals surface area contributed by atoms with Gasteiger partial charge in [-0.2, -0.15) is 4.31 Å². The van der Waals surface area contributed by atoms with Gasteiger partial charge < -0.3 is 5.32 Å². The number of amides is 1. The van der Waals surface area contributed by atoms with Crippen LogP contribution in [0.4, 0.5) is 0 Å². The van der Waals surface area contributed by atoms with Crippen LogP contribution in [0.25, 0.3) is 0 Å². The number of carbonyl (C=O) groups excluding carboxylic acids is 1. The highest BCUT2D eigenvalue weighted by atomic mass is 32.2. The quantitative estimate of drug-likeness (QED) is 0.658. The molecule has 0 unspecified atom stereocenters. The summed E-state index contributed by atoms with van der Waals surface area (Å²) in [6.07, 6.45) is 6.78. The Hall–Kier alpha value is -1.49. The second kappa shape index (κ2) is 9.40. The lowest BCUT2D eigenvalue weighted by molar-refractivity contribution is -0.126. The zero-order chi connectivity index (χ0) is 22.9. The lowest BCUT2D eigenvalue weighted by Gasteiger charge is -2.32. The van der Waals surface area contributed by atoms with Crippen molar-refractivity contribution in [3.8, 4) is 0 Å². The second-order valence-electron chi connectivity index (χ2n) is 9.31. The van der Waals surface area contributed by atoms with Crippen molar-refractivity contribution in [3.05, 3.63) is 29.3 Å². The summed E-state index contributed by atoms with van der Waals surface area (Å²) in [5.41, 5.74) is 2.39. The standard InChI is InChI=1S/C22H33N3O5S2/c1-31(27,28)24-11-7-17(8-12-24)16-23-22(26)19-9-13-25(14-10-19)32(29,30)21-6-5-18-3-2-4-20(18)15-21/h5-6,15,17,19H,2-4,7-14,16H2,1H3,(H,23,26). The van der Waals surface area contributed by atoms with Crippen LogP contribution in [0.1, 0.15) is 43.2 Å². The largest absolute Gasteiger partial charge is 0.356 e. The molecule has 0 bridgehead atoms. The number of rotatable bonds is 6. The lowest BCUT2D eigenvalue weighted by Crippen LogP contribution is -2.45. The topological polar surface area (TPSA) is 104 Å². The molecule has 1 aliphatic carbocycles. The molecular weight excluding hydrogens is 450 g/mol. The highest BCUT2D eigenvalue weighted by molar-refractivity contribution is 7.89. The summed E-state index contributed by atoms with van der Waals surface area (Å²) in [4.78, 5) is 13.0. The maximum Gasteiger partial charge on any atom is 0.243 e. The number of nitrogens with zero attached hydrogens (tertiary/aromatic N) is 2. The molecule has 1 N–H and O–H groups in total. The minimum Gasteiger partial charge on any atom is -0.356 e. The molecule has 2 heterocycles. The van der Waals surface area contributed by atoms with E-state index in [2.05, 4.69) is 5.32 Å². The van der Waals surface area contributed by atoms with E-state index >= 15 is 0 Å². The Morgan fingerprint density at radius 3 is 2.22 bits per heavy atom. The number of fused-ring (bicyclic) bond motifs is 1. The van der Waals surface area contributed by atoms with Crippen molar-refractivity contribution in [2.75, 3.05) is 39.0 Å². The number of hydrogen-bond donors (Lipinski definition) is 1. The van der Waals surface area contributed by atoms with Gasteiger partial charge in [0.15, 0.2) is 0 Å². The molecule has 1 aromatic rings. The fourth-order valence-electron chi connectivity index (χ4n) is 5.05. The smallest absolute Gasteiger partial charge is 0.243 e. The van der Waals surface area contributed by atoms with Crippen LogP contribution >= 0.6 is 0 Å². The van der Waals surface area contributed by atoms with Crippen LogP contribution in [0.5, 0.6) is 0 Å². The Bertz CT molecular complexity index is 1060. The van der Waals surface area contributed by atoms with Crippen LogP contribution in [0.15, 0.2) is 23.1 Å². The minimum absolute atomic E-state index is 0.0230. The first-order valence-corrected chi connectivity index (χ1v) is 14.8. The monoisotopic (exact) mass is 483 g/mol. The molecule has 0 spiro atoms. The van der Waals surface area contributed by atoms with Gasteiger partial charge in [-0.3, -0.25) is 4.79 Å². The number of benzene rings is 1. The molecule has 178 valence electrons. The van der Waals surface area contributed by atoms with Gasteiger partial charge >= 0.3 is 0 Å². The van der Waals surface area contributed by atoms with Crippen LogP contribution in [0.2, 0.25) is 0 Å². The average molecular weight is 484 g/mol. The van der Waals surface area contributed by atoms with E-state index in [1.807, 2.05) is 12.1 Å². The molecule has 8 nitrogen and oxygen atoms in total. The van der Waals surface area contributed by atoms with Crippen molar-refractivity contribution in [2.45, 2.75) is 49.8 Å². The van der Waals surface area contributed by atoms with Gasteiger partial charge in [0.05, 0.1) is 11.2 Å². The molecule has 2 aliphatic heterocycles. The van der Waals surface area contributed by atoms with E-state index in [0.717, 1.165) is 37.7 Å². The first-order chi connectivity index (χ1) is 15.1. The zero-order valence-electron chi connectivity index (χ0n) is 18.6. The van der Waals surface area contributed by atoms with Crippen LogP contribution in [-0.4, -0.2) is 70.3 Å². The molecule has 2 saturated heterocycles. The zero-order valence-corrected chi connectivity index (χ0v) is 20.3. The van der Waals surface area contributed by atoms with Crippen LogP contribution in [0.3, 0.4) is 0 Å². The van der Waals surface area contributed by atoms with Crippen LogP contribution < -0.4 is 5.32 Å². The Morgan fingerprint density at radius 1 is 0.938 bits per heavy atom. The summed E-state index contributed by atoms with van der Waals surface area (Å²) in [7, 11) is -6.68. The van der Waals surface area contributed by atoms with Crippen LogP contribution in [-0.2, 0) is 37.7 Å². The Morgan fingerprint density at radius 2 is 1.56 bits per heavy atom. The van der Waals surface area contributed by atoms with Gasteiger partial charge in [0.1, 0.15) is 0 Å². The van der Waals surface area contributed by atoms with E-state index in [4.69, 9.17) is 0 Å².